The Kier molecular flexibility index (Phi) is 4.00. The maximum Gasteiger partial charge on any atom is 0.0678 e. The summed E-state index contributed by atoms with van der Waals surface area (Å²) in [5, 5.41) is 3.48. The second-order valence-electron chi connectivity index (χ2n) is 5.05. The molecule has 0 aliphatic carbocycles. The van der Waals surface area contributed by atoms with Gasteiger partial charge in [-0.05, 0) is 46.2 Å². The van der Waals surface area contributed by atoms with Crippen molar-refractivity contribution in [2.24, 2.45) is 0 Å². The Bertz CT molecular complexity index is 180. The van der Waals surface area contributed by atoms with Crippen molar-refractivity contribution >= 4 is 0 Å². The maximum absolute atomic E-state index is 5.78. The summed E-state index contributed by atoms with van der Waals surface area (Å²) in [6.07, 6.45) is 4.80. The highest BCUT2D eigenvalue weighted by molar-refractivity contribution is 4.81. The molecular weight excluding hydrogens is 188 g/mol. The van der Waals surface area contributed by atoms with Crippen LogP contribution >= 0.6 is 0 Å². The van der Waals surface area contributed by atoms with Crippen LogP contribution in [0.3, 0.4) is 0 Å². The van der Waals surface area contributed by atoms with Gasteiger partial charge in [0, 0.05) is 19.1 Å². The molecule has 1 unspecified atom stereocenters. The minimum absolute atomic E-state index is 0.407. The molecule has 3 atom stereocenters. The van der Waals surface area contributed by atoms with Crippen molar-refractivity contribution in [1.82, 2.24) is 10.2 Å². The van der Waals surface area contributed by atoms with E-state index in [-0.39, 0.29) is 0 Å². The average Bonchev–Trinajstić information content (AvgIpc) is 2.43. The number of morpholine rings is 1. The van der Waals surface area contributed by atoms with Crippen molar-refractivity contribution < 1.29 is 4.74 Å². The number of nitrogens with one attached hydrogen (secondary N) is 1. The van der Waals surface area contributed by atoms with Crippen molar-refractivity contribution in [3.05, 3.63) is 0 Å². The van der Waals surface area contributed by atoms with Gasteiger partial charge in [0.15, 0.2) is 0 Å². The van der Waals surface area contributed by atoms with Crippen molar-refractivity contribution in [3.63, 3.8) is 0 Å². The molecule has 0 spiro atoms. The average molecular weight is 212 g/mol. The van der Waals surface area contributed by atoms with Crippen molar-refractivity contribution in [2.45, 2.75) is 51.4 Å². The second kappa shape index (κ2) is 5.28. The first kappa shape index (κ1) is 11.4. The van der Waals surface area contributed by atoms with Gasteiger partial charge in [0.25, 0.3) is 0 Å². The molecule has 3 heteroatoms. The highest BCUT2D eigenvalue weighted by Gasteiger charge is 2.27. The lowest BCUT2D eigenvalue weighted by Gasteiger charge is -2.40. The number of rotatable bonds is 1. The molecule has 2 aliphatic rings. The first-order valence-corrected chi connectivity index (χ1v) is 6.36. The van der Waals surface area contributed by atoms with Gasteiger partial charge < -0.3 is 10.1 Å². The predicted octanol–water partition coefficient (Wildman–Crippen LogP) is 1.24. The van der Waals surface area contributed by atoms with E-state index in [9.17, 15) is 0 Å². The molecule has 2 aliphatic heterocycles. The summed E-state index contributed by atoms with van der Waals surface area (Å²) in [5.74, 6) is 0. The molecule has 2 rings (SSSR count). The third kappa shape index (κ3) is 3.16. The molecule has 0 bridgehead atoms. The van der Waals surface area contributed by atoms with Crippen LogP contribution in [0.2, 0.25) is 0 Å². The number of ether oxygens (including phenoxy) is 1. The predicted molar refractivity (Wildman–Crippen MR) is 62.1 cm³/mol. The zero-order valence-electron chi connectivity index (χ0n) is 10.0. The second-order valence-corrected chi connectivity index (χ2v) is 5.05. The Morgan fingerprint density at radius 3 is 2.53 bits per heavy atom. The molecular formula is C12H24N2O. The van der Waals surface area contributed by atoms with Crippen molar-refractivity contribution in [2.75, 3.05) is 26.2 Å². The van der Waals surface area contributed by atoms with Crippen LogP contribution in [-0.4, -0.2) is 49.3 Å². The molecule has 88 valence electrons. The smallest absolute Gasteiger partial charge is 0.0678 e. The van der Waals surface area contributed by atoms with Gasteiger partial charge in [-0.3, -0.25) is 4.90 Å². The van der Waals surface area contributed by atoms with E-state index in [1.165, 1.54) is 32.4 Å². The summed E-state index contributed by atoms with van der Waals surface area (Å²) >= 11 is 0. The summed E-state index contributed by atoms with van der Waals surface area (Å²) < 4.78 is 5.78. The first-order chi connectivity index (χ1) is 7.25. The molecule has 0 aromatic rings. The van der Waals surface area contributed by atoms with E-state index in [0.717, 1.165) is 19.1 Å². The Morgan fingerprint density at radius 2 is 1.80 bits per heavy atom. The zero-order valence-corrected chi connectivity index (χ0v) is 10.0. The number of nitrogens with zero attached hydrogens (tertiary/aromatic N) is 1. The Morgan fingerprint density at radius 1 is 1.07 bits per heavy atom. The summed E-state index contributed by atoms with van der Waals surface area (Å²) in [7, 11) is 0. The van der Waals surface area contributed by atoms with Crippen LogP contribution in [0, 0.1) is 0 Å². The van der Waals surface area contributed by atoms with Gasteiger partial charge in [-0.1, -0.05) is 0 Å². The summed E-state index contributed by atoms with van der Waals surface area (Å²) in [4.78, 5) is 2.64. The third-order valence-electron chi connectivity index (χ3n) is 3.51. The largest absolute Gasteiger partial charge is 0.373 e. The quantitative estimate of drug-likeness (QED) is 0.708. The first-order valence-electron chi connectivity index (χ1n) is 6.36. The van der Waals surface area contributed by atoms with Gasteiger partial charge >= 0.3 is 0 Å². The van der Waals surface area contributed by atoms with Gasteiger partial charge in [0.1, 0.15) is 0 Å². The lowest BCUT2D eigenvalue weighted by atomic mass is 10.1. The topological polar surface area (TPSA) is 24.5 Å². The fraction of sp³-hybridized carbons (Fsp3) is 1.00. The summed E-state index contributed by atoms with van der Waals surface area (Å²) in [6, 6.07) is 0.786. The highest BCUT2D eigenvalue weighted by atomic mass is 16.5. The molecule has 0 amide bonds. The summed E-state index contributed by atoms with van der Waals surface area (Å²) in [5.41, 5.74) is 0. The molecule has 0 aromatic heterocycles. The van der Waals surface area contributed by atoms with Crippen LogP contribution in [0.1, 0.15) is 33.1 Å². The van der Waals surface area contributed by atoms with Crippen LogP contribution in [-0.2, 0) is 4.74 Å². The molecule has 3 nitrogen and oxygen atoms in total. The van der Waals surface area contributed by atoms with E-state index in [4.69, 9.17) is 4.74 Å². The van der Waals surface area contributed by atoms with Gasteiger partial charge in [-0.15, -0.1) is 0 Å². The van der Waals surface area contributed by atoms with E-state index < -0.39 is 0 Å². The lowest BCUT2D eigenvalue weighted by molar-refractivity contribution is -0.0815. The van der Waals surface area contributed by atoms with Crippen LogP contribution in [0.15, 0.2) is 0 Å². The fourth-order valence-electron chi connectivity index (χ4n) is 2.88. The molecule has 0 aromatic carbocycles. The van der Waals surface area contributed by atoms with Crippen molar-refractivity contribution in [1.29, 1.82) is 0 Å². The van der Waals surface area contributed by atoms with E-state index in [2.05, 4.69) is 24.1 Å². The zero-order chi connectivity index (χ0) is 10.7. The van der Waals surface area contributed by atoms with E-state index in [1.54, 1.807) is 0 Å². The molecule has 2 fully saturated rings. The monoisotopic (exact) mass is 212 g/mol. The molecule has 1 N–H and O–H groups in total. The molecule has 2 saturated heterocycles. The maximum atomic E-state index is 5.78. The van der Waals surface area contributed by atoms with Crippen LogP contribution < -0.4 is 5.32 Å². The Balaban J connectivity index is 1.89. The van der Waals surface area contributed by atoms with Gasteiger partial charge in [-0.2, -0.15) is 0 Å². The van der Waals surface area contributed by atoms with E-state index in [0.29, 0.717) is 12.2 Å². The SMILES string of the molecule is C[C@@H]1CN(C2CCCNCC2)C[C@H](C)O1. The minimum atomic E-state index is 0.407. The van der Waals surface area contributed by atoms with Crippen LogP contribution in [0.4, 0.5) is 0 Å². The minimum Gasteiger partial charge on any atom is -0.373 e. The highest BCUT2D eigenvalue weighted by Crippen LogP contribution is 2.19. The Hall–Kier alpha value is -0.120. The fourth-order valence-corrected chi connectivity index (χ4v) is 2.88. The number of hydrogen-bond acceptors (Lipinski definition) is 3. The van der Waals surface area contributed by atoms with Gasteiger partial charge in [0.05, 0.1) is 12.2 Å². The van der Waals surface area contributed by atoms with Gasteiger partial charge in [-0.25, -0.2) is 0 Å². The van der Waals surface area contributed by atoms with E-state index >= 15 is 0 Å². The number of hydrogen-bond donors (Lipinski definition) is 1. The Labute approximate surface area is 93.2 Å². The van der Waals surface area contributed by atoms with Gasteiger partial charge in [0.2, 0.25) is 0 Å². The van der Waals surface area contributed by atoms with E-state index in [1.807, 2.05) is 0 Å². The third-order valence-corrected chi connectivity index (χ3v) is 3.51. The molecule has 0 radical (unpaired) electrons. The van der Waals surface area contributed by atoms with Crippen molar-refractivity contribution in [3.8, 4) is 0 Å². The molecule has 15 heavy (non-hydrogen) atoms. The van der Waals surface area contributed by atoms with Crippen LogP contribution in [0.25, 0.3) is 0 Å². The summed E-state index contributed by atoms with van der Waals surface area (Å²) in [6.45, 7) is 9.01. The van der Waals surface area contributed by atoms with Crippen LogP contribution in [0.5, 0.6) is 0 Å². The standard InChI is InChI=1S/C12H24N2O/c1-10-8-14(9-11(2)15-10)12-4-3-6-13-7-5-12/h10-13H,3-9H2,1-2H3/t10-,11+,12?. The lowest BCUT2D eigenvalue weighted by Crippen LogP contribution is -2.50. The molecule has 0 saturated carbocycles. The molecule has 2 heterocycles. The normalized spacial score (nSPS) is 40.0.